The third-order valence-corrected chi connectivity index (χ3v) is 4.18. The molecule has 2 heterocycles. The van der Waals surface area contributed by atoms with Crippen molar-refractivity contribution in [2.75, 3.05) is 5.32 Å². The first-order valence-corrected chi connectivity index (χ1v) is 6.17. The number of rotatable bonds is 0. The molecule has 1 aromatic heterocycles. The topological polar surface area (TPSA) is 46.2 Å². The van der Waals surface area contributed by atoms with Crippen LogP contribution in [-0.2, 0) is 10.2 Å². The number of carbonyl (C=O) groups excluding carboxylic acids is 2. The molecule has 0 bridgehead atoms. The summed E-state index contributed by atoms with van der Waals surface area (Å²) in [5.41, 5.74) is 0.712. The van der Waals surface area contributed by atoms with E-state index in [0.717, 1.165) is 4.88 Å². The first kappa shape index (κ1) is 11.3. The lowest BCUT2D eigenvalue weighted by atomic mass is 9.94. The Bertz CT molecular complexity index is 454. The van der Waals surface area contributed by atoms with Crippen LogP contribution in [0.5, 0.6) is 0 Å². The van der Waals surface area contributed by atoms with E-state index in [1.165, 1.54) is 11.3 Å². The highest BCUT2D eigenvalue weighted by Crippen LogP contribution is 2.37. The standard InChI is InChI=1S/C12H15NO2S/c1-12(2,3)9-6-7-11(16-9)8(14)4-5-10(15)13-7/h6H,4-5H2,1-3H3,(H,13,15). The number of hydrogen-bond acceptors (Lipinski definition) is 3. The second-order valence-electron chi connectivity index (χ2n) is 5.07. The maximum absolute atomic E-state index is 11.8. The van der Waals surface area contributed by atoms with Crippen LogP contribution in [0.25, 0.3) is 0 Å². The highest BCUT2D eigenvalue weighted by atomic mass is 32.1. The van der Waals surface area contributed by atoms with E-state index in [1.54, 1.807) is 0 Å². The van der Waals surface area contributed by atoms with Gasteiger partial charge >= 0.3 is 0 Å². The summed E-state index contributed by atoms with van der Waals surface area (Å²) >= 11 is 1.50. The average molecular weight is 237 g/mol. The van der Waals surface area contributed by atoms with Gasteiger partial charge in [-0.2, -0.15) is 0 Å². The molecule has 1 aromatic rings. The van der Waals surface area contributed by atoms with E-state index >= 15 is 0 Å². The Morgan fingerprint density at radius 2 is 1.94 bits per heavy atom. The highest BCUT2D eigenvalue weighted by Gasteiger charge is 2.26. The number of thiophene rings is 1. The molecule has 0 saturated carbocycles. The third kappa shape index (κ3) is 2.02. The van der Waals surface area contributed by atoms with Crippen LogP contribution in [0.4, 0.5) is 5.69 Å². The van der Waals surface area contributed by atoms with Crippen LogP contribution in [0.3, 0.4) is 0 Å². The van der Waals surface area contributed by atoms with Gasteiger partial charge in [-0.25, -0.2) is 0 Å². The van der Waals surface area contributed by atoms with Gasteiger partial charge in [0.05, 0.1) is 10.6 Å². The fraction of sp³-hybridized carbons (Fsp3) is 0.500. The van der Waals surface area contributed by atoms with Crippen molar-refractivity contribution >= 4 is 28.7 Å². The number of hydrogen-bond donors (Lipinski definition) is 1. The van der Waals surface area contributed by atoms with E-state index in [4.69, 9.17) is 0 Å². The van der Waals surface area contributed by atoms with Gasteiger partial charge in [-0.15, -0.1) is 11.3 Å². The van der Waals surface area contributed by atoms with Crippen LogP contribution in [-0.4, -0.2) is 11.7 Å². The van der Waals surface area contributed by atoms with Crippen molar-refractivity contribution in [3.63, 3.8) is 0 Å². The molecule has 3 nitrogen and oxygen atoms in total. The van der Waals surface area contributed by atoms with E-state index < -0.39 is 0 Å². The average Bonchev–Trinajstić information content (AvgIpc) is 2.52. The predicted octanol–water partition coefficient (Wildman–Crippen LogP) is 2.96. The molecule has 4 heteroatoms. The molecular weight excluding hydrogens is 222 g/mol. The van der Waals surface area contributed by atoms with Crippen molar-refractivity contribution in [2.45, 2.75) is 39.0 Å². The molecule has 16 heavy (non-hydrogen) atoms. The molecule has 2 rings (SSSR count). The number of Topliss-reactive ketones (excluding diaryl/α,β-unsaturated/α-hetero) is 1. The Morgan fingerprint density at radius 3 is 2.56 bits per heavy atom. The largest absolute Gasteiger partial charge is 0.325 e. The molecule has 0 radical (unpaired) electrons. The molecule has 1 N–H and O–H groups in total. The maximum atomic E-state index is 11.8. The molecule has 1 aliphatic heterocycles. The molecule has 0 spiro atoms. The summed E-state index contributed by atoms with van der Waals surface area (Å²) in [6.45, 7) is 6.30. The zero-order chi connectivity index (χ0) is 11.9. The van der Waals surface area contributed by atoms with Gasteiger partial charge in [-0.3, -0.25) is 9.59 Å². The Labute approximate surface area is 98.9 Å². The molecule has 0 fully saturated rings. The lowest BCUT2D eigenvalue weighted by Crippen LogP contribution is -2.10. The fourth-order valence-electron chi connectivity index (χ4n) is 1.61. The Hall–Kier alpha value is -1.16. The lowest BCUT2D eigenvalue weighted by molar-refractivity contribution is -0.116. The molecule has 1 aliphatic rings. The number of anilines is 1. The summed E-state index contributed by atoms with van der Waals surface area (Å²) in [6, 6.07) is 1.93. The van der Waals surface area contributed by atoms with Crippen LogP contribution < -0.4 is 5.32 Å². The van der Waals surface area contributed by atoms with Crippen LogP contribution in [0.2, 0.25) is 0 Å². The van der Waals surface area contributed by atoms with Crippen molar-refractivity contribution in [1.29, 1.82) is 0 Å². The first-order chi connectivity index (χ1) is 7.38. The minimum Gasteiger partial charge on any atom is -0.325 e. The van der Waals surface area contributed by atoms with Gasteiger partial charge in [0.25, 0.3) is 0 Å². The summed E-state index contributed by atoms with van der Waals surface area (Å²) in [4.78, 5) is 25.0. The molecule has 1 amide bonds. The van der Waals surface area contributed by atoms with E-state index in [9.17, 15) is 9.59 Å². The number of amides is 1. The fourth-order valence-corrected chi connectivity index (χ4v) is 2.75. The van der Waals surface area contributed by atoms with Gasteiger partial charge in [-0.05, 0) is 11.5 Å². The molecule has 0 unspecified atom stereocenters. The molecule has 0 aliphatic carbocycles. The van der Waals surface area contributed by atoms with E-state index in [0.29, 0.717) is 23.4 Å². The Balaban J connectivity index is 2.47. The minimum absolute atomic E-state index is 0.0157. The normalized spacial score (nSPS) is 16.7. The SMILES string of the molecule is CC(C)(C)c1cc2c(s1)C(=O)CCC(=O)N2. The number of nitrogens with one attached hydrogen (secondary N) is 1. The van der Waals surface area contributed by atoms with Gasteiger partial charge < -0.3 is 5.32 Å². The zero-order valence-electron chi connectivity index (χ0n) is 9.72. The molecule has 0 atom stereocenters. The highest BCUT2D eigenvalue weighted by molar-refractivity contribution is 7.15. The van der Waals surface area contributed by atoms with Gasteiger partial charge in [0.1, 0.15) is 0 Å². The van der Waals surface area contributed by atoms with Crippen LogP contribution >= 0.6 is 11.3 Å². The van der Waals surface area contributed by atoms with Crippen molar-refractivity contribution in [1.82, 2.24) is 0 Å². The quantitative estimate of drug-likeness (QED) is 0.754. The summed E-state index contributed by atoms with van der Waals surface area (Å²) in [5, 5.41) is 2.80. The summed E-state index contributed by atoms with van der Waals surface area (Å²) in [5.74, 6) is 0.0132. The lowest BCUT2D eigenvalue weighted by Gasteiger charge is -2.15. The van der Waals surface area contributed by atoms with Gasteiger partial charge in [-0.1, -0.05) is 20.8 Å². The molecule has 86 valence electrons. The van der Waals surface area contributed by atoms with Crippen molar-refractivity contribution < 1.29 is 9.59 Å². The van der Waals surface area contributed by atoms with E-state index in [1.807, 2.05) is 6.07 Å². The van der Waals surface area contributed by atoms with Crippen molar-refractivity contribution in [2.24, 2.45) is 0 Å². The summed E-state index contributed by atoms with van der Waals surface area (Å²) in [6.07, 6.45) is 0.619. The summed E-state index contributed by atoms with van der Waals surface area (Å²) in [7, 11) is 0. The number of carbonyl (C=O) groups is 2. The van der Waals surface area contributed by atoms with Gasteiger partial charge in [0.15, 0.2) is 5.78 Å². The van der Waals surface area contributed by atoms with Crippen molar-refractivity contribution in [3.8, 4) is 0 Å². The van der Waals surface area contributed by atoms with Crippen LogP contribution in [0.15, 0.2) is 6.07 Å². The second-order valence-corrected chi connectivity index (χ2v) is 6.13. The number of fused-ring (bicyclic) bond motifs is 1. The molecule has 0 aromatic carbocycles. The molecular formula is C12H15NO2S. The second kappa shape index (κ2) is 3.70. The number of ketones is 1. The Kier molecular flexibility index (Phi) is 2.62. The van der Waals surface area contributed by atoms with E-state index in [2.05, 4.69) is 26.1 Å². The maximum Gasteiger partial charge on any atom is 0.224 e. The van der Waals surface area contributed by atoms with Gasteiger partial charge in [0.2, 0.25) is 5.91 Å². The monoisotopic (exact) mass is 237 g/mol. The smallest absolute Gasteiger partial charge is 0.224 e. The summed E-state index contributed by atoms with van der Waals surface area (Å²) < 4.78 is 0. The predicted molar refractivity (Wildman–Crippen MR) is 65.2 cm³/mol. The van der Waals surface area contributed by atoms with Crippen LogP contribution in [0, 0.1) is 0 Å². The van der Waals surface area contributed by atoms with Crippen molar-refractivity contribution in [3.05, 3.63) is 15.8 Å². The third-order valence-electron chi connectivity index (χ3n) is 2.58. The first-order valence-electron chi connectivity index (χ1n) is 5.35. The van der Waals surface area contributed by atoms with Gasteiger partial charge in [0, 0.05) is 17.7 Å². The zero-order valence-corrected chi connectivity index (χ0v) is 10.5. The minimum atomic E-state index is -0.0645. The van der Waals surface area contributed by atoms with E-state index in [-0.39, 0.29) is 17.1 Å². The Morgan fingerprint density at radius 1 is 1.25 bits per heavy atom. The van der Waals surface area contributed by atoms with Crippen LogP contribution in [0.1, 0.15) is 48.2 Å². The molecule has 0 saturated heterocycles.